The summed E-state index contributed by atoms with van der Waals surface area (Å²) in [5.74, 6) is -0.191. The van der Waals surface area contributed by atoms with Crippen LogP contribution in [0.5, 0.6) is 17.2 Å². The molecule has 0 aliphatic heterocycles. The standard InChI is InChI=1S/C34H36O8/c1-3-40-33(37)18-12-23-8-10-24(11-9-23)22-41-31-17-13-26(20-25(31)14-19-32(36)39-2)34(38)29-16-15-28(21-30(29)35)42-27-6-4-5-7-27/h8-13,15-18,20-21,27,35H,3-7,14,19,22H2,1-2H3. The van der Waals surface area contributed by atoms with Crippen molar-refractivity contribution in [3.63, 3.8) is 0 Å². The number of phenols is 1. The lowest BCUT2D eigenvalue weighted by Crippen LogP contribution is -2.11. The Kier molecular flexibility index (Phi) is 10.8. The van der Waals surface area contributed by atoms with Gasteiger partial charge in [-0.3, -0.25) is 9.59 Å². The fourth-order valence-electron chi connectivity index (χ4n) is 4.77. The molecule has 0 atom stereocenters. The highest BCUT2D eigenvalue weighted by atomic mass is 16.5. The molecule has 8 nitrogen and oxygen atoms in total. The zero-order chi connectivity index (χ0) is 29.9. The third kappa shape index (κ3) is 8.46. The molecule has 0 radical (unpaired) electrons. The number of hydrogen-bond acceptors (Lipinski definition) is 8. The van der Waals surface area contributed by atoms with Crippen LogP contribution in [0, 0.1) is 0 Å². The topological polar surface area (TPSA) is 108 Å². The Morgan fingerprint density at radius 1 is 0.976 bits per heavy atom. The first kappa shape index (κ1) is 30.4. The van der Waals surface area contributed by atoms with Gasteiger partial charge in [-0.2, -0.15) is 0 Å². The Hall–Kier alpha value is -4.59. The van der Waals surface area contributed by atoms with Crippen LogP contribution < -0.4 is 9.47 Å². The summed E-state index contributed by atoms with van der Waals surface area (Å²) in [5.41, 5.74) is 2.93. The number of esters is 2. The van der Waals surface area contributed by atoms with Crippen LogP contribution in [-0.4, -0.2) is 42.6 Å². The van der Waals surface area contributed by atoms with E-state index in [0.717, 1.165) is 36.8 Å². The van der Waals surface area contributed by atoms with Crippen molar-refractivity contribution >= 4 is 23.8 Å². The molecule has 0 bridgehead atoms. The average molecular weight is 573 g/mol. The predicted octanol–water partition coefficient (Wildman–Crippen LogP) is 6.21. The molecule has 0 aromatic heterocycles. The van der Waals surface area contributed by atoms with Gasteiger partial charge in [0.15, 0.2) is 5.78 Å². The molecule has 3 aromatic carbocycles. The molecule has 1 N–H and O–H groups in total. The summed E-state index contributed by atoms with van der Waals surface area (Å²) in [6.45, 7) is 2.33. The molecular formula is C34H36O8. The summed E-state index contributed by atoms with van der Waals surface area (Å²) in [4.78, 5) is 36.8. The highest BCUT2D eigenvalue weighted by Crippen LogP contribution is 2.31. The second-order valence-corrected chi connectivity index (χ2v) is 10.0. The van der Waals surface area contributed by atoms with E-state index in [2.05, 4.69) is 0 Å². The van der Waals surface area contributed by atoms with Crippen molar-refractivity contribution in [3.05, 3.63) is 94.6 Å². The second kappa shape index (κ2) is 14.9. The molecule has 0 amide bonds. The number of ketones is 1. The van der Waals surface area contributed by atoms with E-state index in [1.54, 1.807) is 43.3 Å². The molecule has 220 valence electrons. The van der Waals surface area contributed by atoms with Crippen LogP contribution in [-0.2, 0) is 32.1 Å². The number of benzene rings is 3. The largest absolute Gasteiger partial charge is 0.507 e. The molecule has 42 heavy (non-hydrogen) atoms. The van der Waals surface area contributed by atoms with E-state index in [0.29, 0.717) is 35.7 Å². The first-order chi connectivity index (χ1) is 20.4. The number of aryl methyl sites for hydroxylation is 1. The van der Waals surface area contributed by atoms with Gasteiger partial charge in [0.1, 0.15) is 23.9 Å². The number of hydrogen-bond donors (Lipinski definition) is 1. The van der Waals surface area contributed by atoms with E-state index in [1.807, 2.05) is 24.3 Å². The molecule has 8 heteroatoms. The van der Waals surface area contributed by atoms with E-state index >= 15 is 0 Å². The Labute approximate surface area is 245 Å². The van der Waals surface area contributed by atoms with Gasteiger partial charge in [0.05, 0.1) is 25.4 Å². The number of aromatic hydroxyl groups is 1. The third-order valence-corrected chi connectivity index (χ3v) is 7.04. The lowest BCUT2D eigenvalue weighted by molar-refractivity contribution is -0.140. The molecular weight excluding hydrogens is 536 g/mol. The monoisotopic (exact) mass is 572 g/mol. The van der Waals surface area contributed by atoms with Crippen molar-refractivity contribution in [1.82, 2.24) is 0 Å². The number of rotatable bonds is 13. The number of methoxy groups -OCH3 is 1. The van der Waals surface area contributed by atoms with Crippen molar-refractivity contribution < 1.29 is 38.4 Å². The van der Waals surface area contributed by atoms with Gasteiger partial charge in [-0.25, -0.2) is 4.79 Å². The maximum atomic E-state index is 13.4. The highest BCUT2D eigenvalue weighted by molar-refractivity contribution is 6.11. The minimum atomic E-state index is -0.396. The van der Waals surface area contributed by atoms with Crippen molar-refractivity contribution in [3.8, 4) is 17.2 Å². The summed E-state index contributed by atoms with van der Waals surface area (Å²) in [7, 11) is 1.33. The smallest absolute Gasteiger partial charge is 0.330 e. The molecule has 1 aliphatic carbocycles. The fraction of sp³-hybridized carbons (Fsp3) is 0.324. The van der Waals surface area contributed by atoms with Gasteiger partial charge in [0, 0.05) is 24.1 Å². The summed E-state index contributed by atoms with van der Waals surface area (Å²) in [5, 5.41) is 10.6. The third-order valence-electron chi connectivity index (χ3n) is 7.04. The minimum absolute atomic E-state index is 0.116. The molecule has 0 spiro atoms. The summed E-state index contributed by atoms with van der Waals surface area (Å²) in [6.07, 6.45) is 7.86. The average Bonchev–Trinajstić information content (AvgIpc) is 3.51. The Bertz CT molecular complexity index is 1420. The molecule has 1 fully saturated rings. The van der Waals surface area contributed by atoms with E-state index < -0.39 is 5.97 Å². The van der Waals surface area contributed by atoms with E-state index in [4.69, 9.17) is 18.9 Å². The Balaban J connectivity index is 1.47. The first-order valence-corrected chi connectivity index (χ1v) is 14.2. The molecule has 4 rings (SSSR count). The van der Waals surface area contributed by atoms with Gasteiger partial charge in [0.2, 0.25) is 0 Å². The van der Waals surface area contributed by atoms with Crippen LogP contribution in [0.4, 0.5) is 0 Å². The minimum Gasteiger partial charge on any atom is -0.507 e. The van der Waals surface area contributed by atoms with Crippen LogP contribution in [0.15, 0.2) is 66.7 Å². The van der Waals surface area contributed by atoms with Crippen LogP contribution >= 0.6 is 0 Å². The molecule has 0 heterocycles. The fourth-order valence-corrected chi connectivity index (χ4v) is 4.77. The van der Waals surface area contributed by atoms with E-state index in [1.165, 1.54) is 19.3 Å². The first-order valence-electron chi connectivity index (χ1n) is 14.2. The van der Waals surface area contributed by atoms with Crippen LogP contribution in [0.3, 0.4) is 0 Å². The molecule has 0 saturated heterocycles. The number of carbonyl (C=O) groups is 3. The van der Waals surface area contributed by atoms with Gasteiger partial charge in [-0.1, -0.05) is 24.3 Å². The van der Waals surface area contributed by atoms with Gasteiger partial charge < -0.3 is 24.1 Å². The summed E-state index contributed by atoms with van der Waals surface area (Å²) < 4.78 is 21.7. The van der Waals surface area contributed by atoms with E-state index in [9.17, 15) is 19.5 Å². The molecule has 1 saturated carbocycles. The number of ether oxygens (including phenoxy) is 4. The number of phenolic OH excluding ortho intramolecular Hbond substituents is 1. The van der Waals surface area contributed by atoms with Gasteiger partial charge in [-0.05, 0) is 92.1 Å². The maximum Gasteiger partial charge on any atom is 0.330 e. The van der Waals surface area contributed by atoms with Gasteiger partial charge in [-0.15, -0.1) is 0 Å². The lowest BCUT2D eigenvalue weighted by Gasteiger charge is -2.15. The Morgan fingerprint density at radius 3 is 2.43 bits per heavy atom. The van der Waals surface area contributed by atoms with Gasteiger partial charge in [0.25, 0.3) is 0 Å². The van der Waals surface area contributed by atoms with Crippen LogP contribution in [0.1, 0.15) is 71.6 Å². The van der Waals surface area contributed by atoms with Crippen molar-refractivity contribution in [1.29, 1.82) is 0 Å². The zero-order valence-electron chi connectivity index (χ0n) is 24.0. The second-order valence-electron chi connectivity index (χ2n) is 10.0. The molecule has 3 aromatic rings. The SMILES string of the molecule is CCOC(=O)C=Cc1ccc(COc2ccc(C(=O)c3ccc(OC4CCCC4)cc3O)cc2CCC(=O)OC)cc1. The number of carbonyl (C=O) groups excluding carboxylic acids is 3. The van der Waals surface area contributed by atoms with Crippen molar-refractivity contribution in [2.75, 3.05) is 13.7 Å². The quantitative estimate of drug-likeness (QED) is 0.146. The maximum absolute atomic E-state index is 13.4. The van der Waals surface area contributed by atoms with E-state index in [-0.39, 0.29) is 42.2 Å². The van der Waals surface area contributed by atoms with Gasteiger partial charge >= 0.3 is 11.9 Å². The van der Waals surface area contributed by atoms with Crippen LogP contribution in [0.25, 0.3) is 6.08 Å². The Morgan fingerprint density at radius 2 is 1.74 bits per heavy atom. The lowest BCUT2D eigenvalue weighted by atomic mass is 9.98. The van der Waals surface area contributed by atoms with Crippen LogP contribution in [0.2, 0.25) is 0 Å². The van der Waals surface area contributed by atoms with Crippen molar-refractivity contribution in [2.45, 2.75) is 58.2 Å². The normalized spacial score (nSPS) is 13.2. The summed E-state index contributed by atoms with van der Waals surface area (Å²) >= 11 is 0. The predicted molar refractivity (Wildman–Crippen MR) is 158 cm³/mol. The molecule has 0 unspecified atom stereocenters. The highest BCUT2D eigenvalue weighted by Gasteiger charge is 2.20. The van der Waals surface area contributed by atoms with Crippen molar-refractivity contribution in [2.24, 2.45) is 0 Å². The molecule has 1 aliphatic rings. The summed E-state index contributed by atoms with van der Waals surface area (Å²) in [6, 6.07) is 17.3. The zero-order valence-corrected chi connectivity index (χ0v) is 24.0.